The first kappa shape index (κ1) is 14.3. The first-order valence-corrected chi connectivity index (χ1v) is 6.61. The number of aryl methyl sites for hydroxylation is 1. The lowest BCUT2D eigenvalue weighted by Crippen LogP contribution is -2.38. The fourth-order valence-corrected chi connectivity index (χ4v) is 1.96. The summed E-state index contributed by atoms with van der Waals surface area (Å²) in [6, 6.07) is 3.68. The van der Waals surface area contributed by atoms with E-state index in [2.05, 4.69) is 10.4 Å². The van der Waals surface area contributed by atoms with Gasteiger partial charge in [0, 0.05) is 32.1 Å². The van der Waals surface area contributed by atoms with E-state index < -0.39 is 0 Å². The molecule has 108 valence electrons. The van der Waals surface area contributed by atoms with Gasteiger partial charge in [0.05, 0.1) is 6.20 Å². The van der Waals surface area contributed by atoms with E-state index >= 15 is 0 Å². The Balaban J connectivity index is 2.24. The van der Waals surface area contributed by atoms with Crippen LogP contribution < -0.4 is 5.32 Å². The molecule has 2 aromatic heterocycles. The van der Waals surface area contributed by atoms with E-state index in [1.54, 1.807) is 17.9 Å². The maximum atomic E-state index is 12.3. The van der Waals surface area contributed by atoms with Crippen molar-refractivity contribution in [2.24, 2.45) is 13.0 Å². The fraction of sp³-hybridized carbons (Fsp3) is 0.429. The number of rotatable bonds is 5. The van der Waals surface area contributed by atoms with Crippen LogP contribution in [-0.2, 0) is 7.05 Å². The van der Waals surface area contributed by atoms with Gasteiger partial charge in [-0.25, -0.2) is 0 Å². The molecule has 2 unspecified atom stereocenters. The second-order valence-corrected chi connectivity index (χ2v) is 5.02. The minimum Gasteiger partial charge on any atom is -0.396 e. The van der Waals surface area contributed by atoms with Gasteiger partial charge >= 0.3 is 0 Å². The number of aliphatic hydroxyl groups is 1. The molecule has 2 atom stereocenters. The van der Waals surface area contributed by atoms with Crippen LogP contribution in [0.1, 0.15) is 24.2 Å². The van der Waals surface area contributed by atoms with Gasteiger partial charge in [0.15, 0.2) is 0 Å². The van der Waals surface area contributed by atoms with Crippen LogP contribution >= 0.6 is 0 Å². The molecule has 0 bridgehead atoms. The average Bonchev–Trinajstić information content (AvgIpc) is 3.06. The van der Waals surface area contributed by atoms with Crippen molar-refractivity contribution in [3.63, 3.8) is 0 Å². The molecular weight excluding hydrogens is 256 g/mol. The highest BCUT2D eigenvalue weighted by Crippen LogP contribution is 2.14. The minimum absolute atomic E-state index is 0.00523. The Morgan fingerprint density at radius 3 is 2.65 bits per heavy atom. The molecule has 0 spiro atoms. The number of nitrogens with zero attached hydrogens (tertiary/aromatic N) is 3. The van der Waals surface area contributed by atoms with Gasteiger partial charge in [-0.05, 0) is 25.0 Å². The number of carbonyl (C=O) groups is 1. The molecule has 0 radical (unpaired) electrons. The lowest BCUT2D eigenvalue weighted by atomic mass is 10.0. The van der Waals surface area contributed by atoms with Gasteiger partial charge < -0.3 is 15.0 Å². The SMILES string of the molecule is CC(CO)C(C)NC(=O)c1cnn(C)c1-n1cccc1. The average molecular weight is 276 g/mol. The Morgan fingerprint density at radius 2 is 2.05 bits per heavy atom. The molecule has 0 aliphatic heterocycles. The number of aliphatic hydroxyl groups excluding tert-OH is 1. The number of hydrogen-bond donors (Lipinski definition) is 2. The molecule has 2 aromatic rings. The molecular formula is C14H20N4O2. The Hall–Kier alpha value is -2.08. The quantitative estimate of drug-likeness (QED) is 0.854. The zero-order chi connectivity index (χ0) is 14.7. The molecule has 2 rings (SSSR count). The van der Waals surface area contributed by atoms with Gasteiger partial charge in [-0.3, -0.25) is 9.48 Å². The zero-order valence-corrected chi connectivity index (χ0v) is 11.9. The Morgan fingerprint density at radius 1 is 1.40 bits per heavy atom. The van der Waals surface area contributed by atoms with Crippen LogP contribution in [0.4, 0.5) is 0 Å². The van der Waals surface area contributed by atoms with Gasteiger partial charge in [0.25, 0.3) is 5.91 Å². The molecule has 0 saturated carbocycles. The molecule has 6 heteroatoms. The fourth-order valence-electron chi connectivity index (χ4n) is 1.96. The van der Waals surface area contributed by atoms with Crippen molar-refractivity contribution in [2.45, 2.75) is 19.9 Å². The van der Waals surface area contributed by atoms with E-state index in [4.69, 9.17) is 5.11 Å². The van der Waals surface area contributed by atoms with Crippen LogP contribution in [0.15, 0.2) is 30.7 Å². The number of hydrogen-bond acceptors (Lipinski definition) is 3. The van der Waals surface area contributed by atoms with Crippen molar-refractivity contribution in [3.8, 4) is 5.82 Å². The number of aromatic nitrogens is 3. The third-order valence-electron chi connectivity index (χ3n) is 3.50. The van der Waals surface area contributed by atoms with E-state index in [1.807, 2.05) is 42.9 Å². The molecule has 2 heterocycles. The maximum absolute atomic E-state index is 12.3. The normalized spacial score (nSPS) is 14.0. The molecule has 1 amide bonds. The van der Waals surface area contributed by atoms with E-state index in [0.717, 1.165) is 5.82 Å². The summed E-state index contributed by atoms with van der Waals surface area (Å²) in [6.45, 7) is 3.81. The van der Waals surface area contributed by atoms with Crippen LogP contribution in [0.3, 0.4) is 0 Å². The number of carbonyl (C=O) groups excluding carboxylic acids is 1. The van der Waals surface area contributed by atoms with E-state index in [9.17, 15) is 4.79 Å². The standard InChI is InChI=1S/C14H20N4O2/c1-10(9-19)11(2)16-13(20)12-8-15-17(3)14(12)18-6-4-5-7-18/h4-8,10-11,19H,9H2,1-3H3,(H,16,20). The predicted molar refractivity (Wildman–Crippen MR) is 75.7 cm³/mol. The Bertz CT molecular complexity index is 574. The second kappa shape index (κ2) is 5.92. The van der Waals surface area contributed by atoms with Crippen molar-refractivity contribution in [2.75, 3.05) is 6.61 Å². The molecule has 6 nitrogen and oxygen atoms in total. The van der Waals surface area contributed by atoms with Gasteiger partial charge in [0.2, 0.25) is 0 Å². The summed E-state index contributed by atoms with van der Waals surface area (Å²) in [6.07, 6.45) is 5.29. The smallest absolute Gasteiger partial charge is 0.256 e. The van der Waals surface area contributed by atoms with Crippen LogP contribution in [0.5, 0.6) is 0 Å². The third-order valence-corrected chi connectivity index (χ3v) is 3.50. The van der Waals surface area contributed by atoms with Crippen molar-refractivity contribution in [1.29, 1.82) is 0 Å². The first-order chi connectivity index (χ1) is 9.54. The second-order valence-electron chi connectivity index (χ2n) is 5.02. The zero-order valence-electron chi connectivity index (χ0n) is 11.9. The van der Waals surface area contributed by atoms with E-state index in [-0.39, 0.29) is 24.5 Å². The third kappa shape index (κ3) is 2.75. The van der Waals surface area contributed by atoms with Gasteiger partial charge in [-0.15, -0.1) is 0 Å². The highest BCUT2D eigenvalue weighted by molar-refractivity contribution is 5.97. The first-order valence-electron chi connectivity index (χ1n) is 6.61. The number of amides is 1. The van der Waals surface area contributed by atoms with Crippen LogP contribution in [0, 0.1) is 5.92 Å². The summed E-state index contributed by atoms with van der Waals surface area (Å²) in [5.74, 6) is 0.539. The minimum atomic E-state index is -0.186. The summed E-state index contributed by atoms with van der Waals surface area (Å²) in [7, 11) is 1.80. The highest BCUT2D eigenvalue weighted by Gasteiger charge is 2.20. The van der Waals surface area contributed by atoms with Crippen molar-refractivity contribution in [3.05, 3.63) is 36.3 Å². The van der Waals surface area contributed by atoms with Crippen molar-refractivity contribution < 1.29 is 9.90 Å². The van der Waals surface area contributed by atoms with Gasteiger partial charge in [-0.2, -0.15) is 5.10 Å². The topological polar surface area (TPSA) is 72.1 Å². The molecule has 20 heavy (non-hydrogen) atoms. The lowest BCUT2D eigenvalue weighted by molar-refractivity contribution is 0.0916. The molecule has 0 fully saturated rings. The molecule has 0 aliphatic carbocycles. The van der Waals surface area contributed by atoms with Crippen molar-refractivity contribution >= 4 is 5.91 Å². The number of nitrogens with one attached hydrogen (secondary N) is 1. The molecule has 0 aliphatic rings. The Kier molecular flexibility index (Phi) is 4.24. The van der Waals surface area contributed by atoms with Crippen LogP contribution in [-0.4, -0.2) is 38.0 Å². The summed E-state index contributed by atoms with van der Waals surface area (Å²) < 4.78 is 3.51. The summed E-state index contributed by atoms with van der Waals surface area (Å²) >= 11 is 0. The molecule has 0 saturated heterocycles. The van der Waals surface area contributed by atoms with Crippen LogP contribution in [0.2, 0.25) is 0 Å². The van der Waals surface area contributed by atoms with E-state index in [0.29, 0.717) is 5.56 Å². The molecule has 0 aromatic carbocycles. The van der Waals surface area contributed by atoms with Gasteiger partial charge in [0.1, 0.15) is 11.4 Å². The van der Waals surface area contributed by atoms with Crippen LogP contribution in [0.25, 0.3) is 5.82 Å². The largest absolute Gasteiger partial charge is 0.396 e. The monoisotopic (exact) mass is 276 g/mol. The maximum Gasteiger partial charge on any atom is 0.256 e. The lowest BCUT2D eigenvalue weighted by Gasteiger charge is -2.19. The van der Waals surface area contributed by atoms with E-state index in [1.165, 1.54) is 0 Å². The van der Waals surface area contributed by atoms with Gasteiger partial charge in [-0.1, -0.05) is 6.92 Å². The predicted octanol–water partition coefficient (Wildman–Crippen LogP) is 0.957. The summed E-state index contributed by atoms with van der Waals surface area (Å²) in [5.41, 5.74) is 0.515. The molecule has 2 N–H and O–H groups in total. The summed E-state index contributed by atoms with van der Waals surface area (Å²) in [5, 5.41) is 16.2. The Labute approximate surface area is 118 Å². The highest BCUT2D eigenvalue weighted by atomic mass is 16.3. The summed E-state index contributed by atoms with van der Waals surface area (Å²) in [4.78, 5) is 12.3. The van der Waals surface area contributed by atoms with Crippen molar-refractivity contribution in [1.82, 2.24) is 19.7 Å².